The molecule has 0 spiro atoms. The summed E-state index contributed by atoms with van der Waals surface area (Å²) in [6.07, 6.45) is 35.9. The highest BCUT2D eigenvalue weighted by Gasteiger charge is 2.53. The molecule has 3 aliphatic heterocycles. The van der Waals surface area contributed by atoms with Gasteiger partial charge < -0.3 is 89.9 Å². The van der Waals surface area contributed by atoms with Crippen molar-refractivity contribution in [3.63, 3.8) is 0 Å². The Morgan fingerprint density at radius 3 is 1.20 bits per heavy atom. The van der Waals surface area contributed by atoms with Crippen LogP contribution < -0.4 is 5.32 Å². The number of nitrogens with one attached hydrogen (secondary N) is 1. The molecular weight excluding hydrogens is 1140 g/mol. The zero-order chi connectivity index (χ0) is 64.7. The third kappa shape index (κ3) is 33.9. The average Bonchev–Trinajstić information content (AvgIpc) is 2.46. The number of amides is 1. The first-order valence-corrected chi connectivity index (χ1v) is 35.0. The Kier molecular flexibility index (Phi) is 47.0. The number of aliphatic hydroxyl groups is 11. The van der Waals surface area contributed by atoms with E-state index in [0.717, 1.165) is 77.0 Å². The van der Waals surface area contributed by atoms with Gasteiger partial charge in [0.2, 0.25) is 5.91 Å². The van der Waals surface area contributed by atoms with E-state index in [0.29, 0.717) is 12.8 Å². The second-order valence-corrected chi connectivity index (χ2v) is 25.0. The SMILES string of the molecule is CC/C=C\C/C=C\C/C=C\C/C=C\C/C=C\CCCCCC(=O)NC(COC1OC(CO)C(OC2OC(CO)C(OC3OC(CO)C(O)C(O)C3O)C(O)C2O)C(O)C1O)C(O)CCCCCCCCCCCCCCCCCCCCCCCCCCC. The molecule has 3 rings (SSSR count). The van der Waals surface area contributed by atoms with Gasteiger partial charge in [-0.25, -0.2) is 0 Å². The summed E-state index contributed by atoms with van der Waals surface area (Å²) >= 11 is 0. The third-order valence-corrected chi connectivity index (χ3v) is 17.4. The van der Waals surface area contributed by atoms with Gasteiger partial charge >= 0.3 is 0 Å². The molecule has 17 atom stereocenters. The van der Waals surface area contributed by atoms with Crippen LogP contribution in [0.3, 0.4) is 0 Å². The van der Waals surface area contributed by atoms with Gasteiger partial charge in [-0.2, -0.15) is 0 Å². The van der Waals surface area contributed by atoms with Gasteiger partial charge in [0, 0.05) is 6.42 Å². The fraction of sp³-hybridized carbons (Fsp3) is 0.843. The number of ether oxygens (including phenoxy) is 6. The number of unbranched alkanes of at least 4 members (excludes halogenated alkanes) is 27. The lowest BCUT2D eigenvalue weighted by Gasteiger charge is -2.48. The molecule has 3 saturated heterocycles. The predicted octanol–water partition coefficient (Wildman–Crippen LogP) is 9.16. The van der Waals surface area contributed by atoms with Crippen molar-refractivity contribution in [3.8, 4) is 0 Å². The number of carbonyl (C=O) groups excluding carboxylic acids is 1. The molecule has 0 aromatic carbocycles. The maximum atomic E-state index is 13.4. The monoisotopic (exact) mass is 1270 g/mol. The Labute approximate surface area is 535 Å². The largest absolute Gasteiger partial charge is 0.394 e. The van der Waals surface area contributed by atoms with Crippen molar-refractivity contribution >= 4 is 5.91 Å². The van der Waals surface area contributed by atoms with Crippen molar-refractivity contribution in [2.45, 2.75) is 349 Å². The second-order valence-electron chi connectivity index (χ2n) is 25.0. The first-order chi connectivity index (χ1) is 43.3. The maximum absolute atomic E-state index is 13.4. The molecule has 17 unspecified atom stereocenters. The highest BCUT2D eigenvalue weighted by Crippen LogP contribution is 2.33. The number of allylic oxidation sites excluding steroid dienone is 10. The van der Waals surface area contributed by atoms with Gasteiger partial charge in [0.1, 0.15) is 73.2 Å². The average molecular weight is 1270 g/mol. The molecule has 0 aromatic heterocycles. The van der Waals surface area contributed by atoms with Crippen molar-refractivity contribution < 1.29 is 89.4 Å². The van der Waals surface area contributed by atoms with Crippen molar-refractivity contribution in [1.29, 1.82) is 0 Å². The molecule has 3 heterocycles. The first kappa shape index (κ1) is 80.7. The molecule has 0 bridgehead atoms. The van der Waals surface area contributed by atoms with Crippen LogP contribution in [0.2, 0.25) is 0 Å². The molecule has 3 fully saturated rings. The summed E-state index contributed by atoms with van der Waals surface area (Å²) < 4.78 is 34.4. The van der Waals surface area contributed by atoms with Gasteiger partial charge in [0.05, 0.1) is 38.6 Å². The van der Waals surface area contributed by atoms with Crippen LogP contribution in [0.5, 0.6) is 0 Å². The number of carbonyl (C=O) groups is 1. The van der Waals surface area contributed by atoms with E-state index in [-0.39, 0.29) is 18.9 Å². The minimum absolute atomic E-state index is 0.225. The van der Waals surface area contributed by atoms with Crippen molar-refractivity contribution in [2.24, 2.45) is 0 Å². The topological polar surface area (TPSA) is 307 Å². The smallest absolute Gasteiger partial charge is 0.220 e. The van der Waals surface area contributed by atoms with Crippen molar-refractivity contribution in [3.05, 3.63) is 60.8 Å². The van der Waals surface area contributed by atoms with Gasteiger partial charge in [-0.15, -0.1) is 0 Å². The third-order valence-electron chi connectivity index (χ3n) is 17.4. The minimum atomic E-state index is -1.98. The molecule has 518 valence electrons. The molecule has 12 N–H and O–H groups in total. The van der Waals surface area contributed by atoms with E-state index in [1.54, 1.807) is 0 Å². The summed E-state index contributed by atoms with van der Waals surface area (Å²) in [5.74, 6) is -0.274. The molecule has 19 heteroatoms. The Morgan fingerprint density at radius 2 is 0.775 bits per heavy atom. The summed E-state index contributed by atoms with van der Waals surface area (Å²) in [6.45, 7) is 1.67. The summed E-state index contributed by atoms with van der Waals surface area (Å²) in [6, 6.07) is -0.909. The molecule has 0 saturated carbocycles. The van der Waals surface area contributed by atoms with E-state index in [1.165, 1.54) is 135 Å². The first-order valence-electron chi connectivity index (χ1n) is 35.0. The van der Waals surface area contributed by atoms with Crippen molar-refractivity contribution in [2.75, 3.05) is 26.4 Å². The van der Waals surface area contributed by atoms with Crippen LogP contribution in [0.4, 0.5) is 0 Å². The summed E-state index contributed by atoms with van der Waals surface area (Å²) in [7, 11) is 0. The van der Waals surface area contributed by atoms with Gasteiger partial charge in [-0.3, -0.25) is 4.79 Å². The Balaban J connectivity index is 1.44. The van der Waals surface area contributed by atoms with Gasteiger partial charge in [0.25, 0.3) is 0 Å². The van der Waals surface area contributed by atoms with Gasteiger partial charge in [-0.1, -0.05) is 242 Å². The lowest BCUT2D eigenvalue weighted by atomic mass is 9.96. The molecule has 89 heavy (non-hydrogen) atoms. The standard InChI is InChI=1S/C70H125NO18/c1-3-5-7-9-11-13-15-17-19-21-23-24-25-26-27-28-30-31-33-35-37-39-41-43-45-47-54(75)53(71-58(76)48-46-44-42-40-38-36-34-32-29-22-20-18-16-14-12-10-8-6-4-2)52-84-68-64(82)61(79)66(56(50-73)86-68)89-70-65(83)62(80)67(57(51-74)87-70)88-69-63(81)60(78)59(77)55(49-72)85-69/h6,8,12,14,18,20,29,32,36,38,53-57,59-70,72-75,77-83H,3-5,7,9-11,13,15-17,19,21-28,30-31,33-35,37,39-52H2,1-2H3,(H,71,76)/b8-6-,14-12-,20-18-,32-29-,38-36-. The molecule has 0 aliphatic carbocycles. The molecule has 0 radical (unpaired) electrons. The van der Waals surface area contributed by atoms with Crippen LogP contribution in [0.25, 0.3) is 0 Å². The Morgan fingerprint density at radius 1 is 0.416 bits per heavy atom. The van der Waals surface area contributed by atoms with E-state index < -0.39 is 124 Å². The van der Waals surface area contributed by atoms with Crippen LogP contribution in [0.1, 0.15) is 245 Å². The highest BCUT2D eigenvalue weighted by molar-refractivity contribution is 5.76. The number of hydrogen-bond donors (Lipinski definition) is 12. The number of hydrogen-bond acceptors (Lipinski definition) is 18. The number of aliphatic hydroxyl groups excluding tert-OH is 11. The molecule has 1 amide bonds. The summed E-state index contributed by atoms with van der Waals surface area (Å²) in [5.41, 5.74) is 0. The Bertz CT molecular complexity index is 1850. The van der Waals surface area contributed by atoms with Gasteiger partial charge in [0.15, 0.2) is 18.9 Å². The number of rotatable bonds is 53. The van der Waals surface area contributed by atoms with Crippen molar-refractivity contribution in [1.82, 2.24) is 5.32 Å². The van der Waals surface area contributed by atoms with Gasteiger partial charge in [-0.05, 0) is 57.8 Å². The van der Waals surface area contributed by atoms with Crippen LogP contribution in [-0.4, -0.2) is 193 Å². The lowest BCUT2D eigenvalue weighted by Crippen LogP contribution is -2.66. The fourth-order valence-electron chi connectivity index (χ4n) is 11.7. The van der Waals surface area contributed by atoms with E-state index in [1.807, 2.05) is 0 Å². The molecule has 19 nitrogen and oxygen atoms in total. The lowest BCUT2D eigenvalue weighted by molar-refractivity contribution is -0.379. The van der Waals surface area contributed by atoms with E-state index in [9.17, 15) is 61.0 Å². The fourth-order valence-corrected chi connectivity index (χ4v) is 11.7. The molecule has 0 aromatic rings. The van der Waals surface area contributed by atoms with Crippen LogP contribution in [-0.2, 0) is 33.2 Å². The van der Waals surface area contributed by atoms with E-state index >= 15 is 0 Å². The molecular formula is C70H125NO18. The second kappa shape index (κ2) is 51.8. The zero-order valence-electron chi connectivity index (χ0n) is 54.6. The quantitative estimate of drug-likeness (QED) is 0.0199. The molecule has 3 aliphatic rings. The van der Waals surface area contributed by atoms with E-state index in [2.05, 4.69) is 79.9 Å². The minimum Gasteiger partial charge on any atom is -0.394 e. The summed E-state index contributed by atoms with van der Waals surface area (Å²) in [4.78, 5) is 13.4. The maximum Gasteiger partial charge on any atom is 0.220 e. The normalized spacial score (nSPS) is 28.6. The predicted molar refractivity (Wildman–Crippen MR) is 346 cm³/mol. The zero-order valence-corrected chi connectivity index (χ0v) is 54.6. The van der Waals surface area contributed by atoms with Crippen LogP contribution in [0.15, 0.2) is 60.8 Å². The van der Waals surface area contributed by atoms with E-state index in [4.69, 9.17) is 28.4 Å². The highest BCUT2D eigenvalue weighted by atomic mass is 16.8. The van der Waals surface area contributed by atoms with Crippen LogP contribution in [0, 0.1) is 0 Å². The van der Waals surface area contributed by atoms with Crippen LogP contribution >= 0.6 is 0 Å². The Hall–Kier alpha value is -2.51. The summed E-state index contributed by atoms with van der Waals surface area (Å²) in [5, 5.41) is 121.